The SMILES string of the molecule is Cc1nn(C(F)F)c(C)c1CC(=O)N1CCCN1.Cl. The van der Waals surface area contributed by atoms with Gasteiger partial charge in [0, 0.05) is 24.3 Å². The van der Waals surface area contributed by atoms with E-state index in [1.165, 1.54) is 0 Å². The van der Waals surface area contributed by atoms with Crippen molar-refractivity contribution in [2.45, 2.75) is 33.2 Å². The van der Waals surface area contributed by atoms with Crippen molar-refractivity contribution in [1.82, 2.24) is 20.2 Å². The molecular weight excluding hydrogens is 278 g/mol. The smallest absolute Gasteiger partial charge is 0.278 e. The van der Waals surface area contributed by atoms with Crippen LogP contribution in [0.4, 0.5) is 8.78 Å². The number of amides is 1. The van der Waals surface area contributed by atoms with Gasteiger partial charge in [-0.15, -0.1) is 12.4 Å². The van der Waals surface area contributed by atoms with Crippen LogP contribution in [-0.4, -0.2) is 33.8 Å². The summed E-state index contributed by atoms with van der Waals surface area (Å²) in [7, 11) is 0. The van der Waals surface area contributed by atoms with Crippen molar-refractivity contribution in [3.05, 3.63) is 17.0 Å². The summed E-state index contributed by atoms with van der Waals surface area (Å²) in [5, 5.41) is 5.31. The van der Waals surface area contributed by atoms with Crippen molar-refractivity contribution in [2.75, 3.05) is 13.1 Å². The minimum absolute atomic E-state index is 0. The first-order chi connectivity index (χ1) is 8.50. The minimum atomic E-state index is -2.67. The average Bonchev–Trinajstić information content (AvgIpc) is 2.92. The molecule has 2 rings (SSSR count). The van der Waals surface area contributed by atoms with Crippen LogP contribution in [0, 0.1) is 13.8 Å². The molecule has 0 radical (unpaired) electrons. The number of nitrogens with one attached hydrogen (secondary N) is 1. The summed E-state index contributed by atoms with van der Waals surface area (Å²) in [5.74, 6) is -0.104. The number of hydrazine groups is 1. The lowest BCUT2D eigenvalue weighted by atomic mass is 10.1. The van der Waals surface area contributed by atoms with Crippen molar-refractivity contribution in [3.63, 3.8) is 0 Å². The van der Waals surface area contributed by atoms with Crippen LogP contribution in [0.25, 0.3) is 0 Å². The van der Waals surface area contributed by atoms with E-state index in [9.17, 15) is 13.6 Å². The lowest BCUT2D eigenvalue weighted by Crippen LogP contribution is -2.38. The van der Waals surface area contributed by atoms with Crippen LogP contribution >= 0.6 is 12.4 Å². The summed E-state index contributed by atoms with van der Waals surface area (Å²) in [4.78, 5) is 11.9. The number of rotatable bonds is 3. The van der Waals surface area contributed by atoms with Gasteiger partial charge in [-0.1, -0.05) is 0 Å². The van der Waals surface area contributed by atoms with Crippen molar-refractivity contribution in [3.8, 4) is 0 Å². The Bertz CT molecular complexity index is 458. The zero-order valence-corrected chi connectivity index (χ0v) is 11.6. The molecule has 1 aliphatic rings. The predicted octanol–water partition coefficient (Wildman–Crippen LogP) is 1.60. The van der Waals surface area contributed by atoms with E-state index in [1.54, 1.807) is 18.9 Å². The first-order valence-corrected chi connectivity index (χ1v) is 5.87. The zero-order valence-electron chi connectivity index (χ0n) is 10.8. The van der Waals surface area contributed by atoms with Crippen molar-refractivity contribution < 1.29 is 13.6 Å². The maximum atomic E-state index is 12.7. The fraction of sp³-hybridized carbons (Fsp3) is 0.636. The molecule has 1 saturated heterocycles. The maximum absolute atomic E-state index is 12.7. The molecule has 5 nitrogen and oxygen atoms in total. The molecule has 19 heavy (non-hydrogen) atoms. The van der Waals surface area contributed by atoms with Gasteiger partial charge in [0.2, 0.25) is 5.91 Å². The fourth-order valence-electron chi connectivity index (χ4n) is 2.13. The number of hydrogen-bond acceptors (Lipinski definition) is 3. The van der Waals surface area contributed by atoms with Crippen LogP contribution in [0.1, 0.15) is 29.9 Å². The second-order valence-corrected chi connectivity index (χ2v) is 4.36. The van der Waals surface area contributed by atoms with Gasteiger partial charge in [-0.3, -0.25) is 9.80 Å². The minimum Gasteiger partial charge on any atom is -0.278 e. The number of nitrogens with zero attached hydrogens (tertiary/aromatic N) is 3. The highest BCUT2D eigenvalue weighted by Gasteiger charge is 2.23. The third-order valence-corrected chi connectivity index (χ3v) is 3.15. The fourth-order valence-corrected chi connectivity index (χ4v) is 2.13. The monoisotopic (exact) mass is 294 g/mol. The van der Waals surface area contributed by atoms with E-state index in [0.717, 1.165) is 13.0 Å². The van der Waals surface area contributed by atoms with Crippen LogP contribution in [0.5, 0.6) is 0 Å². The van der Waals surface area contributed by atoms with E-state index < -0.39 is 6.55 Å². The van der Waals surface area contributed by atoms with Crippen molar-refractivity contribution in [2.24, 2.45) is 0 Å². The Morgan fingerprint density at radius 3 is 2.63 bits per heavy atom. The average molecular weight is 295 g/mol. The quantitative estimate of drug-likeness (QED) is 0.921. The van der Waals surface area contributed by atoms with Crippen LogP contribution in [0.3, 0.4) is 0 Å². The van der Waals surface area contributed by atoms with E-state index in [0.29, 0.717) is 28.2 Å². The van der Waals surface area contributed by atoms with Gasteiger partial charge in [0.25, 0.3) is 0 Å². The molecule has 0 saturated carbocycles. The molecule has 0 aliphatic carbocycles. The number of hydrogen-bond donors (Lipinski definition) is 1. The lowest BCUT2D eigenvalue weighted by Gasteiger charge is -2.15. The number of aromatic nitrogens is 2. The molecule has 1 aromatic heterocycles. The molecule has 0 atom stereocenters. The molecule has 108 valence electrons. The van der Waals surface area contributed by atoms with Crippen molar-refractivity contribution >= 4 is 18.3 Å². The first kappa shape index (κ1) is 15.8. The van der Waals surface area contributed by atoms with Gasteiger partial charge >= 0.3 is 6.55 Å². The van der Waals surface area contributed by atoms with Gasteiger partial charge in [-0.2, -0.15) is 13.9 Å². The second-order valence-electron chi connectivity index (χ2n) is 4.36. The normalized spacial score (nSPS) is 14.9. The Hall–Kier alpha value is -1.21. The number of halogens is 3. The Morgan fingerprint density at radius 2 is 2.16 bits per heavy atom. The van der Waals surface area contributed by atoms with Crippen LogP contribution in [-0.2, 0) is 11.2 Å². The molecular formula is C11H17ClF2N4O. The van der Waals surface area contributed by atoms with E-state index in [-0.39, 0.29) is 24.7 Å². The highest BCUT2D eigenvalue weighted by molar-refractivity contribution is 5.85. The molecule has 0 bridgehead atoms. The summed E-state index contributed by atoms with van der Waals surface area (Å²) in [6, 6.07) is 0. The summed E-state index contributed by atoms with van der Waals surface area (Å²) in [6.07, 6.45) is 1.03. The van der Waals surface area contributed by atoms with Gasteiger partial charge < -0.3 is 0 Å². The third kappa shape index (κ3) is 3.22. The highest BCUT2D eigenvalue weighted by Crippen LogP contribution is 2.20. The van der Waals surface area contributed by atoms with Crippen LogP contribution in [0.2, 0.25) is 0 Å². The van der Waals surface area contributed by atoms with Gasteiger partial charge in [-0.25, -0.2) is 10.1 Å². The number of aryl methyl sites for hydroxylation is 1. The van der Waals surface area contributed by atoms with Gasteiger partial charge in [0.05, 0.1) is 12.1 Å². The van der Waals surface area contributed by atoms with Crippen LogP contribution in [0.15, 0.2) is 0 Å². The summed E-state index contributed by atoms with van der Waals surface area (Å²) in [6.45, 7) is 1.98. The standard InChI is InChI=1S/C11H16F2N4O.ClH/c1-7-9(8(2)17(15-7)11(12)13)6-10(18)16-5-3-4-14-16;/h11,14H,3-6H2,1-2H3;1H. The first-order valence-electron chi connectivity index (χ1n) is 5.87. The Kier molecular flexibility index (Phi) is 5.25. The topological polar surface area (TPSA) is 50.2 Å². The summed E-state index contributed by atoms with van der Waals surface area (Å²) < 4.78 is 26.0. The largest absolute Gasteiger partial charge is 0.333 e. The number of carbonyl (C=O) groups excluding carboxylic acids is 1. The lowest BCUT2D eigenvalue weighted by molar-refractivity contribution is -0.131. The second kappa shape index (κ2) is 6.29. The maximum Gasteiger partial charge on any atom is 0.333 e. The molecule has 0 spiro atoms. The molecule has 8 heteroatoms. The molecule has 0 unspecified atom stereocenters. The predicted molar refractivity (Wildman–Crippen MR) is 68.2 cm³/mol. The zero-order chi connectivity index (χ0) is 13.3. The number of alkyl halides is 2. The molecule has 0 aromatic carbocycles. The third-order valence-electron chi connectivity index (χ3n) is 3.15. The summed E-state index contributed by atoms with van der Waals surface area (Å²) >= 11 is 0. The van der Waals surface area contributed by atoms with E-state index in [4.69, 9.17) is 0 Å². The molecule has 1 amide bonds. The van der Waals surface area contributed by atoms with E-state index >= 15 is 0 Å². The molecule has 1 fully saturated rings. The van der Waals surface area contributed by atoms with Gasteiger partial charge in [-0.05, 0) is 20.3 Å². The molecule has 2 heterocycles. The highest BCUT2D eigenvalue weighted by atomic mass is 35.5. The number of carbonyl (C=O) groups is 1. The Labute approximate surface area is 116 Å². The van der Waals surface area contributed by atoms with E-state index in [2.05, 4.69) is 10.5 Å². The van der Waals surface area contributed by atoms with E-state index in [1.807, 2.05) is 0 Å². The van der Waals surface area contributed by atoms with Crippen LogP contribution < -0.4 is 5.43 Å². The molecule has 1 N–H and O–H groups in total. The molecule has 1 aromatic rings. The van der Waals surface area contributed by atoms with Gasteiger partial charge in [0.1, 0.15) is 0 Å². The van der Waals surface area contributed by atoms with Crippen molar-refractivity contribution in [1.29, 1.82) is 0 Å². The summed E-state index contributed by atoms with van der Waals surface area (Å²) in [5.41, 5.74) is 4.39. The molecule has 1 aliphatic heterocycles. The Balaban J connectivity index is 0.00000180. The Morgan fingerprint density at radius 1 is 1.47 bits per heavy atom. The van der Waals surface area contributed by atoms with Gasteiger partial charge in [0.15, 0.2) is 0 Å².